The van der Waals surface area contributed by atoms with Gasteiger partial charge in [0.15, 0.2) is 0 Å². The molecule has 0 aliphatic heterocycles. The van der Waals surface area contributed by atoms with E-state index in [-0.39, 0.29) is 0 Å². The lowest BCUT2D eigenvalue weighted by molar-refractivity contribution is 0.264. The lowest BCUT2D eigenvalue weighted by Crippen LogP contribution is -2.35. The van der Waals surface area contributed by atoms with Crippen LogP contribution in [0.2, 0.25) is 6.55 Å². The Bertz CT molecular complexity index is 264. The third-order valence-corrected chi connectivity index (χ3v) is 4.10. The number of benzene rings is 1. The Morgan fingerprint density at radius 2 is 1.93 bits per heavy atom. The van der Waals surface area contributed by atoms with E-state index in [9.17, 15) is 0 Å². The number of rotatable bonds is 5. The van der Waals surface area contributed by atoms with Crippen LogP contribution in [-0.2, 0) is 4.43 Å². The maximum atomic E-state index is 5.74. The van der Waals surface area contributed by atoms with Crippen LogP contribution in [0, 0.1) is 0 Å². The van der Waals surface area contributed by atoms with Crippen LogP contribution in [0.4, 0.5) is 0 Å². The minimum atomic E-state index is -2.15. The minimum Gasteiger partial charge on any atom is -0.513 e. The first-order chi connectivity index (χ1) is 6.64. The van der Waals surface area contributed by atoms with Gasteiger partial charge in [0.05, 0.1) is 0 Å². The van der Waals surface area contributed by atoms with Crippen LogP contribution in [0.15, 0.2) is 30.3 Å². The Morgan fingerprint density at radius 3 is 2.50 bits per heavy atom. The Balaban J connectivity index is 2.50. The molecule has 0 heterocycles. The summed E-state index contributed by atoms with van der Waals surface area (Å²) in [5.41, 5.74) is 0. The largest absolute Gasteiger partial charge is 0.513 e. The monoisotopic (exact) mass is 274 g/mol. The van der Waals surface area contributed by atoms with Gasteiger partial charge in [-0.2, -0.15) is 0 Å². The van der Waals surface area contributed by atoms with E-state index in [4.69, 9.17) is 8.85 Å². The van der Waals surface area contributed by atoms with Gasteiger partial charge < -0.3 is 8.85 Å². The van der Waals surface area contributed by atoms with Crippen molar-refractivity contribution in [3.63, 3.8) is 0 Å². The molecule has 0 fully saturated rings. The molecule has 1 aromatic rings. The lowest BCUT2D eigenvalue weighted by atomic mass is 10.3. The molecular weight excluding hydrogens is 260 g/mol. The summed E-state index contributed by atoms with van der Waals surface area (Å²) in [4.78, 5) is 0. The number of para-hydroxylation sites is 1. The maximum Gasteiger partial charge on any atom is 0.472 e. The van der Waals surface area contributed by atoms with Crippen LogP contribution in [-0.4, -0.2) is 13.8 Å². The van der Waals surface area contributed by atoms with E-state index in [2.05, 4.69) is 22.2 Å². The maximum absolute atomic E-state index is 5.74. The number of halogens is 1. The van der Waals surface area contributed by atoms with Crippen molar-refractivity contribution in [3.8, 4) is 5.75 Å². The first-order valence-corrected chi connectivity index (χ1v) is 9.28. The van der Waals surface area contributed by atoms with Gasteiger partial charge in [-0.25, -0.2) is 0 Å². The van der Waals surface area contributed by atoms with E-state index >= 15 is 0 Å². The van der Waals surface area contributed by atoms with Crippen molar-refractivity contribution in [1.82, 2.24) is 0 Å². The highest BCUT2D eigenvalue weighted by atomic mass is 79.9. The molecule has 4 heteroatoms. The summed E-state index contributed by atoms with van der Waals surface area (Å²) < 4.78 is 11.4. The van der Waals surface area contributed by atoms with Gasteiger partial charge in [0.1, 0.15) is 5.75 Å². The zero-order valence-corrected chi connectivity index (χ0v) is 11.1. The molecule has 78 valence electrons. The fraction of sp³-hybridized carbons (Fsp3) is 0.400. The first-order valence-electron chi connectivity index (χ1n) is 4.71. The second kappa shape index (κ2) is 5.53. The van der Waals surface area contributed by atoms with E-state index in [1.807, 2.05) is 36.9 Å². The van der Waals surface area contributed by atoms with Crippen LogP contribution >= 0.6 is 15.3 Å². The average molecular weight is 275 g/mol. The fourth-order valence-electron chi connectivity index (χ4n) is 1.01. The Morgan fingerprint density at radius 1 is 1.29 bits per heavy atom. The van der Waals surface area contributed by atoms with Gasteiger partial charge in [0.25, 0.3) is 0 Å². The number of hydrogen-bond acceptors (Lipinski definition) is 2. The lowest BCUT2D eigenvalue weighted by Gasteiger charge is -2.21. The molecule has 0 saturated heterocycles. The van der Waals surface area contributed by atoms with Crippen molar-refractivity contribution >= 4 is 22.5 Å². The standard InChI is InChI=1S/C10H15BrO2Si/c1-3-9-12-14(2,11)13-10-7-5-4-6-8-10/h4-8H,3,9H2,1-2H3. The molecule has 0 amide bonds. The second-order valence-electron chi connectivity index (χ2n) is 3.10. The zero-order valence-electron chi connectivity index (χ0n) is 8.50. The Kier molecular flexibility index (Phi) is 4.64. The van der Waals surface area contributed by atoms with Crippen molar-refractivity contribution < 1.29 is 8.85 Å². The highest BCUT2D eigenvalue weighted by molar-refractivity contribution is 9.25. The van der Waals surface area contributed by atoms with Gasteiger partial charge in [-0.15, -0.1) is 0 Å². The highest BCUT2D eigenvalue weighted by Crippen LogP contribution is 2.20. The normalized spacial score (nSPS) is 14.8. The van der Waals surface area contributed by atoms with Crippen LogP contribution in [0.3, 0.4) is 0 Å². The van der Waals surface area contributed by atoms with Gasteiger partial charge in [-0.05, 0) is 33.8 Å². The Labute approximate surface area is 94.1 Å². The molecule has 0 aromatic heterocycles. The summed E-state index contributed by atoms with van der Waals surface area (Å²) in [6.45, 7) is 4.80. The van der Waals surface area contributed by atoms with Crippen molar-refractivity contribution in [3.05, 3.63) is 30.3 Å². The molecule has 1 rings (SSSR count). The van der Waals surface area contributed by atoms with Gasteiger partial charge in [-0.3, -0.25) is 0 Å². The quantitative estimate of drug-likeness (QED) is 0.605. The molecule has 0 aliphatic carbocycles. The third kappa shape index (κ3) is 4.26. The predicted molar refractivity (Wildman–Crippen MR) is 63.9 cm³/mol. The van der Waals surface area contributed by atoms with E-state index in [1.165, 1.54) is 0 Å². The van der Waals surface area contributed by atoms with Gasteiger partial charge in [0.2, 0.25) is 0 Å². The van der Waals surface area contributed by atoms with Crippen molar-refractivity contribution in [2.45, 2.75) is 19.9 Å². The Hall–Kier alpha value is -0.323. The summed E-state index contributed by atoms with van der Waals surface area (Å²) in [6, 6.07) is 9.73. The molecule has 2 nitrogen and oxygen atoms in total. The van der Waals surface area contributed by atoms with E-state index in [0.717, 1.165) is 18.8 Å². The molecule has 1 aromatic carbocycles. The second-order valence-corrected chi connectivity index (χ2v) is 9.58. The molecule has 1 atom stereocenters. The van der Waals surface area contributed by atoms with E-state index in [0.29, 0.717) is 0 Å². The predicted octanol–water partition coefficient (Wildman–Crippen LogP) is 3.46. The third-order valence-electron chi connectivity index (χ3n) is 1.61. The van der Waals surface area contributed by atoms with Crippen molar-refractivity contribution in [2.75, 3.05) is 6.61 Å². The molecule has 0 bridgehead atoms. The molecule has 0 saturated carbocycles. The van der Waals surface area contributed by atoms with Crippen LogP contribution in [0.5, 0.6) is 5.75 Å². The molecular formula is C10H15BrO2Si. The summed E-state index contributed by atoms with van der Waals surface area (Å²) >= 11 is 3.51. The fourth-order valence-corrected chi connectivity index (χ4v) is 3.24. The van der Waals surface area contributed by atoms with Crippen LogP contribution in [0.1, 0.15) is 13.3 Å². The van der Waals surface area contributed by atoms with E-state index < -0.39 is 7.18 Å². The van der Waals surface area contributed by atoms with Crippen LogP contribution in [0.25, 0.3) is 0 Å². The smallest absolute Gasteiger partial charge is 0.472 e. The van der Waals surface area contributed by atoms with Crippen molar-refractivity contribution in [1.29, 1.82) is 0 Å². The topological polar surface area (TPSA) is 18.5 Å². The summed E-state index contributed by atoms with van der Waals surface area (Å²) in [5, 5.41) is 0. The van der Waals surface area contributed by atoms with Gasteiger partial charge >= 0.3 is 7.18 Å². The molecule has 14 heavy (non-hydrogen) atoms. The molecule has 0 N–H and O–H groups in total. The number of hydrogen-bond donors (Lipinski definition) is 0. The molecule has 0 spiro atoms. The average Bonchev–Trinajstić information content (AvgIpc) is 2.16. The van der Waals surface area contributed by atoms with Gasteiger partial charge in [0, 0.05) is 13.2 Å². The van der Waals surface area contributed by atoms with Crippen LogP contribution < -0.4 is 4.43 Å². The van der Waals surface area contributed by atoms with Crippen molar-refractivity contribution in [2.24, 2.45) is 0 Å². The minimum absolute atomic E-state index is 0.737. The summed E-state index contributed by atoms with van der Waals surface area (Å²) in [6.07, 6.45) is 1.01. The van der Waals surface area contributed by atoms with E-state index in [1.54, 1.807) is 0 Å². The zero-order chi connectivity index (χ0) is 10.4. The molecule has 0 aliphatic rings. The first kappa shape index (κ1) is 11.7. The highest BCUT2D eigenvalue weighted by Gasteiger charge is 2.29. The molecule has 1 unspecified atom stereocenters. The SMILES string of the molecule is CCCO[Si](C)(Br)Oc1ccccc1. The molecule has 0 radical (unpaired) electrons. The summed E-state index contributed by atoms with van der Waals surface area (Å²) in [7, 11) is -2.15. The van der Waals surface area contributed by atoms with Gasteiger partial charge in [-0.1, -0.05) is 25.1 Å². The summed E-state index contributed by atoms with van der Waals surface area (Å²) in [5.74, 6) is 0.856.